The second-order valence-corrected chi connectivity index (χ2v) is 8.99. The Balaban J connectivity index is 1.60. The second-order valence-electron chi connectivity index (χ2n) is 8.99. The molecule has 0 radical (unpaired) electrons. The van der Waals surface area contributed by atoms with Gasteiger partial charge in [-0.05, 0) is 48.2 Å². The lowest BCUT2D eigenvalue weighted by Gasteiger charge is -2.40. The minimum atomic E-state index is -4.60. The summed E-state index contributed by atoms with van der Waals surface area (Å²) in [6, 6.07) is 6.44. The monoisotopic (exact) mass is 502 g/mol. The third-order valence-corrected chi connectivity index (χ3v) is 7.06. The van der Waals surface area contributed by atoms with Gasteiger partial charge in [0.2, 0.25) is 5.91 Å². The number of urea groups is 1. The van der Waals surface area contributed by atoms with Crippen molar-refractivity contribution in [2.24, 2.45) is 20.0 Å². The molecule has 3 aromatic rings. The SMILES string of the molecule is Cn1c(=O)n(C)c2cc(N3CC(C(=O)O)C(=O)N(C4CCc5c4cccc5C(F)(F)F)C3=O)ccc21. The van der Waals surface area contributed by atoms with E-state index in [4.69, 9.17) is 0 Å². The molecule has 1 aliphatic carbocycles. The van der Waals surface area contributed by atoms with Crippen molar-refractivity contribution in [2.45, 2.75) is 25.1 Å². The van der Waals surface area contributed by atoms with E-state index < -0.39 is 48.2 Å². The molecule has 0 spiro atoms. The highest BCUT2D eigenvalue weighted by atomic mass is 19.4. The molecule has 1 aliphatic heterocycles. The van der Waals surface area contributed by atoms with Crippen molar-refractivity contribution < 1.29 is 32.7 Å². The highest BCUT2D eigenvalue weighted by molar-refractivity contribution is 6.13. The molecule has 9 nitrogen and oxygen atoms in total. The third-order valence-electron chi connectivity index (χ3n) is 7.06. The van der Waals surface area contributed by atoms with Crippen LogP contribution in [-0.2, 0) is 36.3 Å². The van der Waals surface area contributed by atoms with Gasteiger partial charge in [-0.25, -0.2) is 9.59 Å². The zero-order valence-corrected chi connectivity index (χ0v) is 19.2. The number of halogens is 3. The lowest BCUT2D eigenvalue weighted by atomic mass is 9.98. The first-order chi connectivity index (χ1) is 16.9. The fourth-order valence-electron chi connectivity index (χ4n) is 5.25. The van der Waals surface area contributed by atoms with Gasteiger partial charge in [0.25, 0.3) is 0 Å². The van der Waals surface area contributed by atoms with E-state index in [-0.39, 0.29) is 35.3 Å². The topological polar surface area (TPSA) is 105 Å². The van der Waals surface area contributed by atoms with E-state index >= 15 is 0 Å². The quantitative estimate of drug-likeness (QED) is 0.555. The van der Waals surface area contributed by atoms with Crippen LogP contribution in [0.15, 0.2) is 41.2 Å². The Bertz CT molecular complexity index is 1510. The Morgan fingerprint density at radius 1 is 1.03 bits per heavy atom. The van der Waals surface area contributed by atoms with Gasteiger partial charge in [-0.3, -0.25) is 28.5 Å². The number of carboxylic acids is 1. The molecule has 3 amide bonds. The van der Waals surface area contributed by atoms with Crippen LogP contribution in [-0.4, -0.2) is 43.6 Å². The molecule has 36 heavy (non-hydrogen) atoms. The fraction of sp³-hybridized carbons (Fsp3) is 0.333. The number of aliphatic carboxylic acids is 1. The molecule has 1 saturated heterocycles. The van der Waals surface area contributed by atoms with Crippen LogP contribution in [0.1, 0.15) is 29.2 Å². The van der Waals surface area contributed by atoms with E-state index in [0.29, 0.717) is 11.0 Å². The molecule has 188 valence electrons. The molecule has 2 unspecified atom stereocenters. The number of imidazole rings is 1. The summed E-state index contributed by atoms with van der Waals surface area (Å²) in [6.45, 7) is -0.446. The first-order valence-electron chi connectivity index (χ1n) is 11.1. The highest BCUT2D eigenvalue weighted by Gasteiger charge is 2.49. The number of imide groups is 1. The molecule has 12 heteroatoms. The fourth-order valence-corrected chi connectivity index (χ4v) is 5.25. The van der Waals surface area contributed by atoms with E-state index in [9.17, 15) is 37.5 Å². The first-order valence-corrected chi connectivity index (χ1v) is 11.1. The molecular formula is C24H21F3N4O5. The number of carbonyl (C=O) groups is 3. The number of carboxylic acid groups (broad SMARTS) is 1. The molecule has 2 heterocycles. The van der Waals surface area contributed by atoms with Crippen LogP contribution in [0.5, 0.6) is 0 Å². The number of hydrogen-bond acceptors (Lipinski definition) is 4. The Morgan fingerprint density at radius 2 is 1.72 bits per heavy atom. The summed E-state index contributed by atoms with van der Waals surface area (Å²) in [5.41, 5.74) is 0.391. The molecule has 0 saturated carbocycles. The molecule has 0 bridgehead atoms. The molecule has 2 aromatic carbocycles. The predicted molar refractivity (Wildman–Crippen MR) is 121 cm³/mol. The van der Waals surface area contributed by atoms with Crippen molar-refractivity contribution in [3.63, 3.8) is 0 Å². The predicted octanol–water partition coefficient (Wildman–Crippen LogP) is 3.05. The molecule has 5 rings (SSSR count). The average Bonchev–Trinajstić information content (AvgIpc) is 3.33. The van der Waals surface area contributed by atoms with Gasteiger partial charge < -0.3 is 5.11 Å². The van der Waals surface area contributed by atoms with Gasteiger partial charge >= 0.3 is 23.9 Å². The molecule has 1 fully saturated rings. The van der Waals surface area contributed by atoms with Crippen molar-refractivity contribution in [3.05, 3.63) is 63.6 Å². The standard InChI is InChI=1S/C24H21F3N4O5/c1-28-18-8-6-12(10-19(18)29(2)22(28)35)30-11-15(21(33)34)20(32)31(23(30)36)17-9-7-13-14(17)4-3-5-16(13)24(25,26)27/h3-6,8,10,15,17H,7,9,11H2,1-2H3,(H,33,34). The molecule has 1 N–H and O–H groups in total. The normalized spacial score (nSPS) is 20.4. The first kappa shape index (κ1) is 23.6. The van der Waals surface area contributed by atoms with E-state index in [0.717, 1.165) is 15.9 Å². The van der Waals surface area contributed by atoms with Gasteiger partial charge in [-0.15, -0.1) is 0 Å². The van der Waals surface area contributed by atoms with Crippen LogP contribution >= 0.6 is 0 Å². The van der Waals surface area contributed by atoms with Gasteiger partial charge in [-0.2, -0.15) is 13.2 Å². The van der Waals surface area contributed by atoms with Crippen LogP contribution in [0.3, 0.4) is 0 Å². The van der Waals surface area contributed by atoms with Crippen LogP contribution in [0, 0.1) is 5.92 Å². The van der Waals surface area contributed by atoms with Crippen molar-refractivity contribution in [2.75, 3.05) is 11.4 Å². The van der Waals surface area contributed by atoms with Gasteiger partial charge in [0.1, 0.15) is 0 Å². The van der Waals surface area contributed by atoms with Crippen molar-refractivity contribution in [1.29, 1.82) is 0 Å². The minimum absolute atomic E-state index is 0.000281. The van der Waals surface area contributed by atoms with Gasteiger partial charge in [-0.1, -0.05) is 12.1 Å². The summed E-state index contributed by atoms with van der Waals surface area (Å²) in [5, 5.41) is 9.74. The maximum Gasteiger partial charge on any atom is 0.416 e. The van der Waals surface area contributed by atoms with Crippen LogP contribution < -0.4 is 10.6 Å². The second kappa shape index (κ2) is 7.97. The lowest BCUT2D eigenvalue weighted by molar-refractivity contribution is -0.151. The van der Waals surface area contributed by atoms with Crippen molar-refractivity contribution in [1.82, 2.24) is 14.0 Å². The lowest BCUT2D eigenvalue weighted by Crippen LogP contribution is -2.59. The largest absolute Gasteiger partial charge is 0.481 e. The Morgan fingerprint density at radius 3 is 2.39 bits per heavy atom. The zero-order valence-electron chi connectivity index (χ0n) is 19.2. The summed E-state index contributed by atoms with van der Waals surface area (Å²) < 4.78 is 43.4. The number of benzene rings is 2. The number of anilines is 1. The highest BCUT2D eigenvalue weighted by Crippen LogP contribution is 2.44. The number of hydrogen-bond donors (Lipinski definition) is 1. The summed E-state index contributed by atoms with van der Waals surface area (Å²) in [6.07, 6.45) is -4.57. The number of carbonyl (C=O) groups excluding carboxylic acids is 2. The number of aryl methyl sites for hydroxylation is 2. The van der Waals surface area contributed by atoms with E-state index in [1.807, 2.05) is 0 Å². The van der Waals surface area contributed by atoms with Gasteiger partial charge in [0, 0.05) is 26.3 Å². The van der Waals surface area contributed by atoms with Crippen LogP contribution in [0.25, 0.3) is 11.0 Å². The molecule has 2 aliphatic rings. The van der Waals surface area contributed by atoms with E-state index in [1.54, 1.807) is 26.2 Å². The maximum absolute atomic E-state index is 13.6. The smallest absolute Gasteiger partial charge is 0.416 e. The van der Waals surface area contributed by atoms with Gasteiger partial charge in [0.15, 0.2) is 5.92 Å². The van der Waals surface area contributed by atoms with Gasteiger partial charge in [0.05, 0.1) is 22.6 Å². The maximum atomic E-state index is 13.6. The number of fused-ring (bicyclic) bond motifs is 2. The molecule has 2 atom stereocenters. The number of nitrogens with zero attached hydrogens (tertiary/aromatic N) is 4. The van der Waals surface area contributed by atoms with Crippen molar-refractivity contribution in [3.8, 4) is 0 Å². The van der Waals surface area contributed by atoms with Crippen molar-refractivity contribution >= 4 is 34.6 Å². The zero-order chi connectivity index (χ0) is 26.1. The Labute approximate surface area is 201 Å². The summed E-state index contributed by atoms with van der Waals surface area (Å²) in [7, 11) is 3.14. The van der Waals surface area contributed by atoms with E-state index in [2.05, 4.69) is 0 Å². The van der Waals surface area contributed by atoms with Crippen LogP contribution in [0.4, 0.5) is 23.7 Å². The number of alkyl halides is 3. The molecular weight excluding hydrogens is 481 g/mol. The summed E-state index contributed by atoms with van der Waals surface area (Å²) in [4.78, 5) is 53.0. The Hall–Kier alpha value is -4.09. The summed E-state index contributed by atoms with van der Waals surface area (Å²) >= 11 is 0. The van der Waals surface area contributed by atoms with E-state index in [1.165, 1.54) is 27.3 Å². The third kappa shape index (κ3) is 3.39. The Kier molecular flexibility index (Phi) is 5.23. The summed E-state index contributed by atoms with van der Waals surface area (Å²) in [5.74, 6) is -4.02. The minimum Gasteiger partial charge on any atom is -0.481 e. The van der Waals surface area contributed by atoms with Crippen LogP contribution in [0.2, 0.25) is 0 Å². The average molecular weight is 502 g/mol. The molecule has 1 aromatic heterocycles. The number of aromatic nitrogens is 2. The number of amides is 3. The number of rotatable bonds is 3.